The molecule has 4 saturated carbocycles. The van der Waals surface area contributed by atoms with Crippen LogP contribution in [-0.2, 0) is 9.53 Å². The number of ether oxygens (including phenoxy) is 2. The Kier molecular flexibility index (Phi) is 4.87. The number of esters is 1. The van der Waals surface area contributed by atoms with Crippen LogP contribution in [-0.4, -0.2) is 31.6 Å². The van der Waals surface area contributed by atoms with Crippen LogP contribution in [0.15, 0.2) is 24.3 Å². The monoisotopic (exact) mass is 371 g/mol. The molecule has 0 aromatic heterocycles. The lowest BCUT2D eigenvalue weighted by Gasteiger charge is -2.59. The molecule has 0 heterocycles. The fourth-order valence-electron chi connectivity index (χ4n) is 6.17. The number of hydrogen-bond acceptors (Lipinski definition) is 4. The highest BCUT2D eigenvalue weighted by Gasteiger charge is 2.53. The molecule has 0 saturated heterocycles. The lowest BCUT2D eigenvalue weighted by atomic mass is 9.48. The fourth-order valence-corrected chi connectivity index (χ4v) is 6.17. The first-order valence-electron chi connectivity index (χ1n) is 10.1. The first-order valence-corrected chi connectivity index (χ1v) is 10.1. The lowest BCUT2D eigenvalue weighted by Crippen LogP contribution is -2.56. The molecule has 4 aliphatic rings. The molecule has 4 aliphatic carbocycles. The fraction of sp³-hybridized carbons (Fsp3) is 0.636. The molecule has 4 fully saturated rings. The van der Waals surface area contributed by atoms with Crippen LogP contribution in [0.25, 0.3) is 0 Å². The van der Waals surface area contributed by atoms with Crippen molar-refractivity contribution >= 4 is 11.9 Å². The number of hydrogen-bond donors (Lipinski definition) is 1. The minimum Gasteiger partial charge on any atom is -0.496 e. The van der Waals surface area contributed by atoms with E-state index in [4.69, 9.17) is 9.47 Å². The molecule has 146 valence electrons. The average Bonchev–Trinajstić information content (AvgIpc) is 2.65. The summed E-state index contributed by atoms with van der Waals surface area (Å²) in [4.78, 5) is 24.7. The summed E-state index contributed by atoms with van der Waals surface area (Å²) in [6.45, 7) is 1.88. The second-order valence-electron chi connectivity index (χ2n) is 8.85. The van der Waals surface area contributed by atoms with Gasteiger partial charge in [0, 0.05) is 6.04 Å². The predicted octanol–water partition coefficient (Wildman–Crippen LogP) is 3.57. The van der Waals surface area contributed by atoms with Gasteiger partial charge < -0.3 is 14.8 Å². The van der Waals surface area contributed by atoms with E-state index in [0.717, 1.165) is 17.8 Å². The van der Waals surface area contributed by atoms with Crippen molar-refractivity contribution in [3.63, 3.8) is 0 Å². The van der Waals surface area contributed by atoms with Gasteiger partial charge in [-0.25, -0.2) is 4.79 Å². The van der Waals surface area contributed by atoms with E-state index in [1.807, 2.05) is 0 Å². The van der Waals surface area contributed by atoms with E-state index >= 15 is 0 Å². The molecule has 5 rings (SSSR count). The molecule has 5 heteroatoms. The Bertz CT molecular complexity index is 693. The number of rotatable bonds is 6. The average molecular weight is 371 g/mol. The Morgan fingerprint density at radius 2 is 1.70 bits per heavy atom. The van der Waals surface area contributed by atoms with Crippen LogP contribution in [0, 0.1) is 23.2 Å². The number of para-hydroxylation sites is 1. The number of carbonyl (C=O) groups is 2. The Labute approximate surface area is 160 Å². The maximum Gasteiger partial charge on any atom is 0.342 e. The van der Waals surface area contributed by atoms with Crippen molar-refractivity contribution in [1.29, 1.82) is 0 Å². The first kappa shape index (κ1) is 18.3. The molecule has 1 aromatic carbocycles. The highest BCUT2D eigenvalue weighted by molar-refractivity contribution is 5.94. The normalized spacial score (nSPS) is 32.0. The Morgan fingerprint density at radius 1 is 1.11 bits per heavy atom. The van der Waals surface area contributed by atoms with Crippen LogP contribution in [0.4, 0.5) is 0 Å². The zero-order valence-corrected chi connectivity index (χ0v) is 16.2. The highest BCUT2D eigenvalue weighted by atomic mass is 16.5. The van der Waals surface area contributed by atoms with Gasteiger partial charge in [-0.2, -0.15) is 0 Å². The number of methoxy groups -OCH3 is 1. The Hall–Kier alpha value is -2.04. The van der Waals surface area contributed by atoms with Crippen LogP contribution >= 0.6 is 0 Å². The molecule has 1 atom stereocenters. The van der Waals surface area contributed by atoms with E-state index in [2.05, 4.69) is 12.2 Å². The first-order chi connectivity index (χ1) is 13.0. The predicted molar refractivity (Wildman–Crippen MR) is 101 cm³/mol. The summed E-state index contributed by atoms with van der Waals surface area (Å²) < 4.78 is 10.4. The van der Waals surface area contributed by atoms with E-state index < -0.39 is 5.97 Å². The van der Waals surface area contributed by atoms with E-state index in [1.165, 1.54) is 45.6 Å². The van der Waals surface area contributed by atoms with Crippen molar-refractivity contribution in [3.05, 3.63) is 29.8 Å². The molecule has 27 heavy (non-hydrogen) atoms. The summed E-state index contributed by atoms with van der Waals surface area (Å²) in [7, 11) is 1.51. The molecule has 0 unspecified atom stereocenters. The number of benzene rings is 1. The van der Waals surface area contributed by atoms with Gasteiger partial charge in [-0.1, -0.05) is 12.1 Å². The van der Waals surface area contributed by atoms with Gasteiger partial charge in [-0.3, -0.25) is 4.79 Å². The third-order valence-corrected chi connectivity index (χ3v) is 7.04. The molecule has 0 aliphatic heterocycles. The second-order valence-corrected chi connectivity index (χ2v) is 8.85. The van der Waals surface area contributed by atoms with Crippen molar-refractivity contribution < 1.29 is 19.1 Å². The van der Waals surface area contributed by atoms with Gasteiger partial charge >= 0.3 is 5.97 Å². The van der Waals surface area contributed by atoms with Crippen LogP contribution in [0.3, 0.4) is 0 Å². The quantitative estimate of drug-likeness (QED) is 0.777. The molecular formula is C22H29NO4. The summed E-state index contributed by atoms with van der Waals surface area (Å²) in [6, 6.07) is 7.00. The summed E-state index contributed by atoms with van der Waals surface area (Å²) in [5.41, 5.74) is 0.582. The van der Waals surface area contributed by atoms with Gasteiger partial charge in [0.1, 0.15) is 11.3 Å². The molecule has 1 amide bonds. The van der Waals surface area contributed by atoms with Gasteiger partial charge in [0.25, 0.3) is 5.91 Å². The Morgan fingerprint density at radius 3 is 2.30 bits per heavy atom. The molecule has 0 spiro atoms. The van der Waals surface area contributed by atoms with Crippen molar-refractivity contribution in [2.24, 2.45) is 23.2 Å². The van der Waals surface area contributed by atoms with Gasteiger partial charge in [-0.05, 0) is 80.8 Å². The van der Waals surface area contributed by atoms with Crippen LogP contribution in [0.2, 0.25) is 0 Å². The lowest BCUT2D eigenvalue weighted by molar-refractivity contribution is -0.128. The largest absolute Gasteiger partial charge is 0.496 e. The third-order valence-electron chi connectivity index (χ3n) is 7.04. The summed E-state index contributed by atoms with van der Waals surface area (Å²) in [6.07, 6.45) is 7.87. The van der Waals surface area contributed by atoms with Gasteiger partial charge in [0.15, 0.2) is 6.61 Å². The molecule has 5 nitrogen and oxygen atoms in total. The SMILES string of the molecule is COc1ccccc1C(=O)OCC(=O)N[C@H](C)C12CC3CC(CC(C3)C1)C2. The standard InChI is InChI=1S/C22H29NO4/c1-14(22-10-15-7-16(11-22)9-17(8-15)12-22)23-20(24)13-27-21(25)18-5-3-4-6-19(18)26-2/h3-6,14-17H,7-13H2,1-2H3,(H,23,24)/t14-,15?,16?,17?,22?/m1/s1. The van der Waals surface area contributed by atoms with E-state index in [0.29, 0.717) is 11.3 Å². The van der Waals surface area contributed by atoms with Crippen LogP contribution < -0.4 is 10.1 Å². The highest BCUT2D eigenvalue weighted by Crippen LogP contribution is 2.61. The molecule has 4 bridgehead atoms. The molecular weight excluding hydrogens is 342 g/mol. The summed E-state index contributed by atoms with van der Waals surface area (Å²) >= 11 is 0. The van der Waals surface area contributed by atoms with Gasteiger partial charge in [0.05, 0.1) is 7.11 Å². The van der Waals surface area contributed by atoms with Crippen LogP contribution in [0.1, 0.15) is 55.8 Å². The number of carbonyl (C=O) groups excluding carboxylic acids is 2. The summed E-state index contributed by atoms with van der Waals surface area (Å²) in [5, 5.41) is 3.12. The maximum atomic E-state index is 12.4. The van der Waals surface area contributed by atoms with Gasteiger partial charge in [0.2, 0.25) is 0 Å². The molecule has 1 N–H and O–H groups in total. The Balaban J connectivity index is 1.32. The van der Waals surface area contributed by atoms with Crippen molar-refractivity contribution in [1.82, 2.24) is 5.32 Å². The van der Waals surface area contributed by atoms with E-state index in [-0.39, 0.29) is 24.0 Å². The van der Waals surface area contributed by atoms with Crippen molar-refractivity contribution in [2.75, 3.05) is 13.7 Å². The van der Waals surface area contributed by atoms with Crippen molar-refractivity contribution in [2.45, 2.75) is 51.5 Å². The van der Waals surface area contributed by atoms with Crippen molar-refractivity contribution in [3.8, 4) is 5.75 Å². The summed E-state index contributed by atoms with van der Waals surface area (Å²) in [5.74, 6) is 2.23. The smallest absolute Gasteiger partial charge is 0.342 e. The number of nitrogens with one attached hydrogen (secondary N) is 1. The van der Waals surface area contributed by atoms with Gasteiger partial charge in [-0.15, -0.1) is 0 Å². The third kappa shape index (κ3) is 3.56. The maximum absolute atomic E-state index is 12.4. The minimum absolute atomic E-state index is 0.128. The zero-order chi connectivity index (χ0) is 19.0. The number of amides is 1. The zero-order valence-electron chi connectivity index (χ0n) is 16.2. The van der Waals surface area contributed by atoms with E-state index in [9.17, 15) is 9.59 Å². The van der Waals surface area contributed by atoms with E-state index in [1.54, 1.807) is 24.3 Å². The molecule has 0 radical (unpaired) electrons. The van der Waals surface area contributed by atoms with Crippen LogP contribution in [0.5, 0.6) is 5.75 Å². The minimum atomic E-state index is -0.537. The molecule has 1 aromatic rings. The second kappa shape index (κ2) is 7.17. The topological polar surface area (TPSA) is 64.6 Å².